The third-order valence-electron chi connectivity index (χ3n) is 5.37. The second-order valence-corrected chi connectivity index (χ2v) is 7.66. The number of hydrogen-bond acceptors (Lipinski definition) is 4. The Labute approximate surface area is 189 Å². The number of fused-ring (bicyclic) bond motifs is 2. The zero-order valence-corrected chi connectivity index (χ0v) is 17.5. The molecule has 0 radical (unpaired) electrons. The van der Waals surface area contributed by atoms with Crippen molar-refractivity contribution in [1.82, 2.24) is 0 Å². The molecule has 0 spiro atoms. The maximum absolute atomic E-state index is 13.4. The van der Waals surface area contributed by atoms with Crippen molar-refractivity contribution < 1.29 is 18.7 Å². The summed E-state index contributed by atoms with van der Waals surface area (Å²) in [6, 6.07) is 25.5. The second-order valence-electron chi connectivity index (χ2n) is 7.66. The molecule has 0 aromatic heterocycles. The fourth-order valence-electron chi connectivity index (χ4n) is 3.75. The standard InChI is InChI=1S/C27H19FN2O3/c28-19-7-3-6-17(13-19)27(32)30-21-9-4-8-20(14-21)29-22-11-12-24-25(15-22)33-16-18-5-1-2-10-23(18)26(24)31/h1-15,29H,16H2,(H,30,32). The minimum Gasteiger partial charge on any atom is -0.488 e. The number of benzene rings is 4. The Bertz CT molecular complexity index is 1380. The lowest BCUT2D eigenvalue weighted by molar-refractivity contribution is 0.102. The predicted octanol–water partition coefficient (Wildman–Crippen LogP) is 5.95. The van der Waals surface area contributed by atoms with Gasteiger partial charge in [-0.2, -0.15) is 0 Å². The van der Waals surface area contributed by atoms with E-state index >= 15 is 0 Å². The van der Waals surface area contributed by atoms with E-state index in [2.05, 4.69) is 10.6 Å². The van der Waals surface area contributed by atoms with Gasteiger partial charge in [-0.25, -0.2) is 4.39 Å². The van der Waals surface area contributed by atoms with Crippen molar-refractivity contribution in [2.75, 3.05) is 10.6 Å². The van der Waals surface area contributed by atoms with Gasteiger partial charge in [0.25, 0.3) is 5.91 Å². The lowest BCUT2D eigenvalue weighted by Gasteiger charge is -2.12. The summed E-state index contributed by atoms with van der Waals surface area (Å²) in [5.41, 5.74) is 4.29. The molecule has 4 aromatic rings. The third kappa shape index (κ3) is 4.32. The number of carbonyl (C=O) groups excluding carboxylic acids is 2. The molecule has 4 aromatic carbocycles. The van der Waals surface area contributed by atoms with Gasteiger partial charge in [0.15, 0.2) is 5.78 Å². The molecule has 2 N–H and O–H groups in total. The molecule has 0 bridgehead atoms. The fraction of sp³-hybridized carbons (Fsp3) is 0.0370. The van der Waals surface area contributed by atoms with Gasteiger partial charge in [0.1, 0.15) is 18.2 Å². The molecule has 0 saturated heterocycles. The molecule has 1 aliphatic rings. The Balaban J connectivity index is 1.34. The lowest BCUT2D eigenvalue weighted by atomic mass is 9.99. The monoisotopic (exact) mass is 438 g/mol. The van der Waals surface area contributed by atoms with Gasteiger partial charge < -0.3 is 15.4 Å². The van der Waals surface area contributed by atoms with Crippen molar-refractivity contribution in [2.45, 2.75) is 6.61 Å². The zero-order chi connectivity index (χ0) is 22.8. The number of nitrogens with one attached hydrogen (secondary N) is 2. The number of rotatable bonds is 4. The minimum absolute atomic E-state index is 0.0632. The molecule has 1 aliphatic heterocycles. The van der Waals surface area contributed by atoms with Crippen LogP contribution in [0, 0.1) is 5.82 Å². The highest BCUT2D eigenvalue weighted by Gasteiger charge is 2.22. The van der Waals surface area contributed by atoms with Crippen LogP contribution >= 0.6 is 0 Å². The first-order chi connectivity index (χ1) is 16.1. The number of hydrogen-bond donors (Lipinski definition) is 2. The van der Waals surface area contributed by atoms with Gasteiger partial charge in [-0.1, -0.05) is 36.4 Å². The molecule has 5 nitrogen and oxygen atoms in total. The minimum atomic E-state index is -0.468. The summed E-state index contributed by atoms with van der Waals surface area (Å²) in [6.07, 6.45) is 0. The molecule has 5 rings (SSSR count). The molecule has 0 saturated carbocycles. The summed E-state index contributed by atoms with van der Waals surface area (Å²) >= 11 is 0. The van der Waals surface area contributed by atoms with E-state index in [0.717, 1.165) is 16.9 Å². The van der Waals surface area contributed by atoms with Crippen molar-refractivity contribution in [3.05, 3.63) is 119 Å². The average molecular weight is 438 g/mol. The fourth-order valence-corrected chi connectivity index (χ4v) is 3.75. The number of ketones is 1. The Morgan fingerprint density at radius 3 is 2.45 bits per heavy atom. The van der Waals surface area contributed by atoms with Gasteiger partial charge in [-0.05, 0) is 48.5 Å². The van der Waals surface area contributed by atoms with Gasteiger partial charge in [0.05, 0.1) is 5.56 Å². The molecule has 0 fully saturated rings. The summed E-state index contributed by atoms with van der Waals surface area (Å²) in [5.74, 6) is -0.420. The topological polar surface area (TPSA) is 67.4 Å². The molecule has 0 atom stereocenters. The van der Waals surface area contributed by atoms with Crippen LogP contribution in [0.1, 0.15) is 31.8 Å². The van der Waals surface area contributed by atoms with E-state index in [1.807, 2.05) is 36.4 Å². The molecule has 0 aliphatic carbocycles. The van der Waals surface area contributed by atoms with E-state index in [0.29, 0.717) is 29.2 Å². The summed E-state index contributed by atoms with van der Waals surface area (Å²) in [4.78, 5) is 25.3. The number of carbonyl (C=O) groups is 2. The normalized spacial score (nSPS) is 12.1. The highest BCUT2D eigenvalue weighted by atomic mass is 19.1. The summed E-state index contributed by atoms with van der Waals surface area (Å²) in [5, 5.41) is 6.04. The first-order valence-corrected chi connectivity index (χ1v) is 10.4. The quantitative estimate of drug-likeness (QED) is 0.414. The van der Waals surface area contributed by atoms with E-state index in [9.17, 15) is 14.0 Å². The van der Waals surface area contributed by atoms with E-state index in [-0.39, 0.29) is 11.3 Å². The van der Waals surface area contributed by atoms with Crippen molar-refractivity contribution in [3.63, 3.8) is 0 Å². The van der Waals surface area contributed by atoms with E-state index in [1.165, 1.54) is 18.2 Å². The Kier molecular flexibility index (Phi) is 5.32. The summed E-state index contributed by atoms with van der Waals surface area (Å²) < 4.78 is 19.3. The van der Waals surface area contributed by atoms with Gasteiger partial charge in [-0.15, -0.1) is 0 Å². The van der Waals surface area contributed by atoms with Gasteiger partial charge >= 0.3 is 0 Å². The third-order valence-corrected chi connectivity index (χ3v) is 5.37. The van der Waals surface area contributed by atoms with Crippen LogP contribution in [0.5, 0.6) is 5.75 Å². The van der Waals surface area contributed by atoms with Crippen molar-refractivity contribution in [1.29, 1.82) is 0 Å². The van der Waals surface area contributed by atoms with E-state index in [1.54, 1.807) is 36.4 Å². The van der Waals surface area contributed by atoms with Crippen molar-refractivity contribution >= 4 is 28.8 Å². The van der Waals surface area contributed by atoms with Crippen LogP contribution in [0.4, 0.5) is 21.5 Å². The number of anilines is 3. The van der Waals surface area contributed by atoms with Crippen LogP contribution in [-0.4, -0.2) is 11.7 Å². The molecular weight excluding hydrogens is 419 g/mol. The molecule has 33 heavy (non-hydrogen) atoms. The van der Waals surface area contributed by atoms with Crippen LogP contribution < -0.4 is 15.4 Å². The lowest BCUT2D eigenvalue weighted by Crippen LogP contribution is -2.12. The van der Waals surface area contributed by atoms with E-state index < -0.39 is 11.7 Å². The molecular formula is C27H19FN2O3. The molecule has 6 heteroatoms. The molecule has 1 heterocycles. The number of amides is 1. The predicted molar refractivity (Wildman–Crippen MR) is 125 cm³/mol. The highest BCUT2D eigenvalue weighted by molar-refractivity contribution is 6.12. The summed E-state index contributed by atoms with van der Waals surface area (Å²) in [7, 11) is 0. The van der Waals surface area contributed by atoms with Crippen LogP contribution in [0.3, 0.4) is 0 Å². The largest absolute Gasteiger partial charge is 0.488 e. The zero-order valence-electron chi connectivity index (χ0n) is 17.5. The smallest absolute Gasteiger partial charge is 0.255 e. The van der Waals surface area contributed by atoms with Crippen molar-refractivity contribution in [2.24, 2.45) is 0 Å². The maximum atomic E-state index is 13.4. The molecule has 162 valence electrons. The molecule has 1 amide bonds. The Morgan fingerprint density at radius 2 is 1.58 bits per heavy atom. The summed E-state index contributed by atoms with van der Waals surface area (Å²) in [6.45, 7) is 0.319. The van der Waals surface area contributed by atoms with E-state index in [4.69, 9.17) is 4.74 Å². The first kappa shape index (κ1) is 20.5. The van der Waals surface area contributed by atoms with Gasteiger partial charge in [-0.3, -0.25) is 9.59 Å². The Hall–Kier alpha value is -4.45. The number of halogens is 1. The average Bonchev–Trinajstić information content (AvgIpc) is 2.96. The molecule has 0 unspecified atom stereocenters. The number of ether oxygens (including phenoxy) is 1. The second kappa shape index (κ2) is 8.59. The van der Waals surface area contributed by atoms with Crippen LogP contribution in [0.2, 0.25) is 0 Å². The Morgan fingerprint density at radius 1 is 0.788 bits per heavy atom. The first-order valence-electron chi connectivity index (χ1n) is 10.4. The van der Waals surface area contributed by atoms with Crippen LogP contribution in [0.15, 0.2) is 91.0 Å². The van der Waals surface area contributed by atoms with Gasteiger partial charge in [0, 0.05) is 39.8 Å². The van der Waals surface area contributed by atoms with Crippen molar-refractivity contribution in [3.8, 4) is 5.75 Å². The highest BCUT2D eigenvalue weighted by Crippen LogP contribution is 2.32. The maximum Gasteiger partial charge on any atom is 0.255 e. The van der Waals surface area contributed by atoms with Gasteiger partial charge in [0.2, 0.25) is 0 Å². The van der Waals surface area contributed by atoms with Crippen LogP contribution in [0.25, 0.3) is 0 Å². The van der Waals surface area contributed by atoms with Crippen LogP contribution in [-0.2, 0) is 6.61 Å². The SMILES string of the molecule is O=C(Nc1cccc(Nc2ccc3c(c2)OCc2ccccc2C3=O)c1)c1cccc(F)c1.